The van der Waals surface area contributed by atoms with Crippen molar-refractivity contribution in [3.8, 4) is 17.2 Å². The standard InChI is InChI=1S/C17H23N3O2/c1-13-17(22-16-5-3-4-15(10-16)21-2)11-19-20(13)12-14-6-8-18-9-7-14/h3-5,10-11,14,18H,6-9,12H2,1-2H3. The maximum Gasteiger partial charge on any atom is 0.168 e. The number of methoxy groups -OCH3 is 1. The molecule has 0 atom stereocenters. The number of ether oxygens (including phenoxy) is 2. The third-order valence-electron chi connectivity index (χ3n) is 4.22. The van der Waals surface area contributed by atoms with Crippen LogP contribution in [0.15, 0.2) is 30.5 Å². The summed E-state index contributed by atoms with van der Waals surface area (Å²) in [5.41, 5.74) is 1.07. The molecule has 1 fully saturated rings. The van der Waals surface area contributed by atoms with Crippen LogP contribution in [0.3, 0.4) is 0 Å². The van der Waals surface area contributed by atoms with E-state index >= 15 is 0 Å². The Balaban J connectivity index is 1.69. The van der Waals surface area contributed by atoms with Crippen LogP contribution in [0.5, 0.6) is 17.2 Å². The summed E-state index contributed by atoms with van der Waals surface area (Å²) in [5.74, 6) is 3.06. The minimum Gasteiger partial charge on any atom is -0.497 e. The van der Waals surface area contributed by atoms with Crippen LogP contribution < -0.4 is 14.8 Å². The Morgan fingerprint density at radius 3 is 2.82 bits per heavy atom. The first-order valence-electron chi connectivity index (χ1n) is 7.81. The molecule has 0 amide bonds. The maximum atomic E-state index is 5.95. The van der Waals surface area contributed by atoms with E-state index in [1.165, 1.54) is 12.8 Å². The van der Waals surface area contributed by atoms with Gasteiger partial charge in [0.2, 0.25) is 0 Å². The topological polar surface area (TPSA) is 48.3 Å². The number of nitrogens with one attached hydrogen (secondary N) is 1. The smallest absolute Gasteiger partial charge is 0.168 e. The zero-order chi connectivity index (χ0) is 15.4. The van der Waals surface area contributed by atoms with Crippen LogP contribution in [0.1, 0.15) is 18.5 Å². The van der Waals surface area contributed by atoms with Crippen LogP contribution in [0.2, 0.25) is 0 Å². The highest BCUT2D eigenvalue weighted by molar-refractivity contribution is 5.37. The zero-order valence-corrected chi connectivity index (χ0v) is 13.2. The van der Waals surface area contributed by atoms with Gasteiger partial charge in [-0.15, -0.1) is 0 Å². The Labute approximate surface area is 131 Å². The second-order valence-electron chi connectivity index (χ2n) is 5.75. The van der Waals surface area contributed by atoms with Crippen molar-refractivity contribution in [1.29, 1.82) is 0 Å². The first-order chi connectivity index (χ1) is 10.8. The number of rotatable bonds is 5. The van der Waals surface area contributed by atoms with Crippen LogP contribution in [0.4, 0.5) is 0 Å². The third kappa shape index (κ3) is 3.42. The zero-order valence-electron chi connectivity index (χ0n) is 13.2. The quantitative estimate of drug-likeness (QED) is 0.922. The van der Waals surface area contributed by atoms with Crippen LogP contribution in [0.25, 0.3) is 0 Å². The van der Waals surface area contributed by atoms with Gasteiger partial charge < -0.3 is 14.8 Å². The molecular weight excluding hydrogens is 278 g/mol. The fourth-order valence-corrected chi connectivity index (χ4v) is 2.81. The maximum absolute atomic E-state index is 5.95. The van der Waals surface area contributed by atoms with Gasteiger partial charge in [0.25, 0.3) is 0 Å². The van der Waals surface area contributed by atoms with E-state index in [0.29, 0.717) is 5.92 Å². The highest BCUT2D eigenvalue weighted by Crippen LogP contribution is 2.28. The van der Waals surface area contributed by atoms with Gasteiger partial charge in [0.15, 0.2) is 5.75 Å². The van der Waals surface area contributed by atoms with E-state index in [2.05, 4.69) is 22.0 Å². The molecule has 1 saturated heterocycles. The number of hydrogen-bond donors (Lipinski definition) is 1. The largest absolute Gasteiger partial charge is 0.497 e. The molecule has 5 heteroatoms. The van der Waals surface area contributed by atoms with Crippen molar-refractivity contribution >= 4 is 0 Å². The average molecular weight is 301 g/mol. The third-order valence-corrected chi connectivity index (χ3v) is 4.22. The molecule has 1 aliphatic rings. The van der Waals surface area contributed by atoms with E-state index in [1.807, 2.05) is 24.3 Å². The van der Waals surface area contributed by atoms with Crippen LogP contribution >= 0.6 is 0 Å². The van der Waals surface area contributed by atoms with Gasteiger partial charge in [0, 0.05) is 12.6 Å². The lowest BCUT2D eigenvalue weighted by Gasteiger charge is -2.22. The molecule has 1 aliphatic heterocycles. The summed E-state index contributed by atoms with van der Waals surface area (Å²) >= 11 is 0. The summed E-state index contributed by atoms with van der Waals surface area (Å²) in [5, 5.41) is 7.89. The van der Waals surface area contributed by atoms with Crippen molar-refractivity contribution in [2.24, 2.45) is 5.92 Å². The minimum atomic E-state index is 0.699. The average Bonchev–Trinajstić information content (AvgIpc) is 2.89. The fourth-order valence-electron chi connectivity index (χ4n) is 2.81. The van der Waals surface area contributed by atoms with Gasteiger partial charge in [-0.3, -0.25) is 4.68 Å². The molecule has 2 aromatic rings. The Morgan fingerprint density at radius 2 is 2.05 bits per heavy atom. The summed E-state index contributed by atoms with van der Waals surface area (Å²) in [7, 11) is 1.65. The van der Waals surface area contributed by atoms with E-state index in [9.17, 15) is 0 Å². The summed E-state index contributed by atoms with van der Waals surface area (Å²) < 4.78 is 13.2. The molecular formula is C17H23N3O2. The molecule has 5 nitrogen and oxygen atoms in total. The first-order valence-corrected chi connectivity index (χ1v) is 7.81. The highest BCUT2D eigenvalue weighted by Gasteiger charge is 2.16. The van der Waals surface area contributed by atoms with Gasteiger partial charge in [-0.05, 0) is 50.9 Å². The predicted molar refractivity (Wildman–Crippen MR) is 85.6 cm³/mol. The molecule has 1 N–H and O–H groups in total. The van der Waals surface area contributed by atoms with Crippen molar-refractivity contribution < 1.29 is 9.47 Å². The Bertz CT molecular complexity index is 618. The lowest BCUT2D eigenvalue weighted by atomic mass is 9.98. The van der Waals surface area contributed by atoms with Crippen molar-refractivity contribution in [2.45, 2.75) is 26.3 Å². The van der Waals surface area contributed by atoms with E-state index in [-0.39, 0.29) is 0 Å². The molecule has 0 aliphatic carbocycles. The molecule has 0 spiro atoms. The molecule has 0 radical (unpaired) electrons. The molecule has 0 saturated carbocycles. The molecule has 1 aromatic heterocycles. The van der Waals surface area contributed by atoms with Crippen molar-refractivity contribution in [3.63, 3.8) is 0 Å². The Kier molecular flexibility index (Phi) is 4.63. The van der Waals surface area contributed by atoms with Gasteiger partial charge in [0.1, 0.15) is 11.5 Å². The molecule has 2 heterocycles. The second kappa shape index (κ2) is 6.83. The SMILES string of the molecule is COc1cccc(Oc2cnn(CC3CCNCC3)c2C)c1. The monoisotopic (exact) mass is 301 g/mol. The van der Waals surface area contributed by atoms with Gasteiger partial charge in [-0.1, -0.05) is 6.07 Å². The first kappa shape index (κ1) is 14.9. The van der Waals surface area contributed by atoms with Gasteiger partial charge >= 0.3 is 0 Å². The highest BCUT2D eigenvalue weighted by atomic mass is 16.5. The summed E-state index contributed by atoms with van der Waals surface area (Å²) in [6, 6.07) is 7.62. The number of nitrogens with zero attached hydrogens (tertiary/aromatic N) is 2. The molecule has 22 heavy (non-hydrogen) atoms. The summed E-state index contributed by atoms with van der Waals surface area (Å²) in [4.78, 5) is 0. The van der Waals surface area contributed by atoms with Crippen molar-refractivity contribution in [1.82, 2.24) is 15.1 Å². The van der Waals surface area contributed by atoms with Gasteiger partial charge in [-0.2, -0.15) is 5.10 Å². The molecule has 118 valence electrons. The summed E-state index contributed by atoms with van der Waals surface area (Å²) in [6.45, 7) is 5.24. The Hall–Kier alpha value is -2.01. The van der Waals surface area contributed by atoms with Crippen LogP contribution in [-0.2, 0) is 6.54 Å². The fraction of sp³-hybridized carbons (Fsp3) is 0.471. The number of aromatic nitrogens is 2. The normalized spacial score (nSPS) is 15.7. The van der Waals surface area contributed by atoms with Gasteiger partial charge in [0.05, 0.1) is 19.0 Å². The second-order valence-corrected chi connectivity index (χ2v) is 5.75. The van der Waals surface area contributed by atoms with E-state index in [1.54, 1.807) is 13.3 Å². The van der Waals surface area contributed by atoms with E-state index in [4.69, 9.17) is 9.47 Å². The number of hydrogen-bond acceptors (Lipinski definition) is 4. The minimum absolute atomic E-state index is 0.699. The van der Waals surface area contributed by atoms with Crippen LogP contribution in [0, 0.1) is 12.8 Å². The van der Waals surface area contributed by atoms with Crippen LogP contribution in [-0.4, -0.2) is 30.0 Å². The summed E-state index contributed by atoms with van der Waals surface area (Å²) in [6.07, 6.45) is 4.23. The number of benzene rings is 1. The van der Waals surface area contributed by atoms with E-state index in [0.717, 1.165) is 42.6 Å². The van der Waals surface area contributed by atoms with E-state index < -0.39 is 0 Å². The molecule has 0 unspecified atom stereocenters. The molecule has 3 rings (SSSR count). The van der Waals surface area contributed by atoms with Gasteiger partial charge in [-0.25, -0.2) is 0 Å². The molecule has 0 bridgehead atoms. The lowest BCUT2D eigenvalue weighted by Crippen LogP contribution is -2.30. The van der Waals surface area contributed by atoms with Crippen molar-refractivity contribution in [3.05, 3.63) is 36.2 Å². The predicted octanol–water partition coefficient (Wildman–Crippen LogP) is 2.99. The number of piperidine rings is 1. The lowest BCUT2D eigenvalue weighted by molar-refractivity contribution is 0.318. The molecule has 1 aromatic carbocycles. The Morgan fingerprint density at radius 1 is 1.27 bits per heavy atom. The van der Waals surface area contributed by atoms with Crippen molar-refractivity contribution in [2.75, 3.05) is 20.2 Å².